The number of aromatic nitrogens is 1. The molecule has 122 valence electrons. The number of thiazole rings is 1. The normalized spacial score (nSPS) is 23.7. The SMILES string of the molecule is CCc1nc(CN2CCCC(C(=O)N3CCOCC3)C2)cs1. The fourth-order valence-corrected chi connectivity index (χ4v) is 3.99. The van der Waals surface area contributed by atoms with Gasteiger partial charge in [-0.25, -0.2) is 4.98 Å². The molecule has 1 amide bonds. The van der Waals surface area contributed by atoms with Crippen molar-refractivity contribution in [3.8, 4) is 0 Å². The van der Waals surface area contributed by atoms with Gasteiger partial charge in [0.2, 0.25) is 5.91 Å². The van der Waals surface area contributed by atoms with Crippen molar-refractivity contribution in [1.29, 1.82) is 0 Å². The zero-order valence-corrected chi connectivity index (χ0v) is 14.1. The summed E-state index contributed by atoms with van der Waals surface area (Å²) in [4.78, 5) is 21.7. The second kappa shape index (κ2) is 7.53. The Labute approximate surface area is 136 Å². The Kier molecular flexibility index (Phi) is 5.44. The Balaban J connectivity index is 1.55. The quantitative estimate of drug-likeness (QED) is 0.847. The van der Waals surface area contributed by atoms with E-state index in [2.05, 4.69) is 22.2 Å². The van der Waals surface area contributed by atoms with Crippen molar-refractivity contribution < 1.29 is 9.53 Å². The number of piperidine rings is 1. The summed E-state index contributed by atoms with van der Waals surface area (Å²) >= 11 is 1.74. The van der Waals surface area contributed by atoms with Gasteiger partial charge in [-0.1, -0.05) is 6.92 Å². The summed E-state index contributed by atoms with van der Waals surface area (Å²) in [6.07, 6.45) is 3.12. The minimum atomic E-state index is 0.149. The topological polar surface area (TPSA) is 45.7 Å². The Morgan fingerprint density at radius 1 is 1.41 bits per heavy atom. The zero-order chi connectivity index (χ0) is 15.4. The van der Waals surface area contributed by atoms with Crippen LogP contribution in [0.25, 0.3) is 0 Å². The molecule has 6 heteroatoms. The first kappa shape index (κ1) is 15.9. The molecular weight excluding hydrogens is 298 g/mol. The van der Waals surface area contributed by atoms with E-state index < -0.39 is 0 Å². The number of ether oxygens (including phenoxy) is 1. The number of hydrogen-bond donors (Lipinski definition) is 0. The molecule has 0 aliphatic carbocycles. The summed E-state index contributed by atoms with van der Waals surface area (Å²) in [6, 6.07) is 0. The van der Waals surface area contributed by atoms with Gasteiger partial charge in [-0.05, 0) is 25.8 Å². The van der Waals surface area contributed by atoms with Gasteiger partial charge in [-0.15, -0.1) is 11.3 Å². The summed E-state index contributed by atoms with van der Waals surface area (Å²) in [6.45, 7) is 7.83. The molecule has 1 aromatic rings. The predicted molar refractivity (Wildman–Crippen MR) is 86.9 cm³/mol. The van der Waals surface area contributed by atoms with Gasteiger partial charge >= 0.3 is 0 Å². The molecule has 3 rings (SSSR count). The maximum absolute atomic E-state index is 12.6. The summed E-state index contributed by atoms with van der Waals surface area (Å²) in [5.41, 5.74) is 1.15. The lowest BCUT2D eigenvalue weighted by Crippen LogP contribution is -2.48. The van der Waals surface area contributed by atoms with E-state index in [9.17, 15) is 4.79 Å². The first-order valence-corrected chi connectivity index (χ1v) is 9.16. The number of hydrogen-bond acceptors (Lipinski definition) is 5. The van der Waals surface area contributed by atoms with Crippen molar-refractivity contribution in [2.24, 2.45) is 5.92 Å². The lowest BCUT2D eigenvalue weighted by Gasteiger charge is -2.36. The summed E-state index contributed by atoms with van der Waals surface area (Å²) < 4.78 is 5.34. The van der Waals surface area contributed by atoms with Crippen LogP contribution in [-0.2, 0) is 22.5 Å². The number of rotatable bonds is 4. The number of aryl methyl sites for hydroxylation is 1. The van der Waals surface area contributed by atoms with Crippen LogP contribution in [0.1, 0.15) is 30.5 Å². The highest BCUT2D eigenvalue weighted by Crippen LogP contribution is 2.22. The molecule has 1 atom stereocenters. The third-order valence-corrected chi connectivity index (χ3v) is 5.51. The predicted octanol–water partition coefficient (Wildman–Crippen LogP) is 1.78. The molecule has 0 saturated carbocycles. The van der Waals surface area contributed by atoms with Crippen LogP contribution < -0.4 is 0 Å². The molecule has 0 bridgehead atoms. The van der Waals surface area contributed by atoms with Crippen molar-refractivity contribution in [2.45, 2.75) is 32.7 Å². The van der Waals surface area contributed by atoms with Gasteiger partial charge in [0.1, 0.15) is 0 Å². The molecule has 2 aliphatic heterocycles. The third kappa shape index (κ3) is 3.86. The Bertz CT molecular complexity index is 499. The Morgan fingerprint density at radius 3 is 2.95 bits per heavy atom. The molecule has 0 radical (unpaired) electrons. The van der Waals surface area contributed by atoms with Gasteiger partial charge < -0.3 is 9.64 Å². The maximum atomic E-state index is 12.6. The fourth-order valence-electron chi connectivity index (χ4n) is 3.26. The first-order chi connectivity index (χ1) is 10.8. The summed E-state index contributed by atoms with van der Waals surface area (Å²) in [5, 5.41) is 3.36. The van der Waals surface area contributed by atoms with Crippen molar-refractivity contribution >= 4 is 17.2 Å². The van der Waals surface area contributed by atoms with E-state index in [0.29, 0.717) is 19.1 Å². The van der Waals surface area contributed by atoms with Gasteiger partial charge in [0, 0.05) is 31.6 Å². The number of amides is 1. The van der Waals surface area contributed by atoms with E-state index in [1.54, 1.807) is 11.3 Å². The van der Waals surface area contributed by atoms with Crippen molar-refractivity contribution in [3.63, 3.8) is 0 Å². The van der Waals surface area contributed by atoms with E-state index >= 15 is 0 Å². The zero-order valence-electron chi connectivity index (χ0n) is 13.3. The van der Waals surface area contributed by atoms with Crippen LogP contribution in [0, 0.1) is 5.92 Å². The first-order valence-electron chi connectivity index (χ1n) is 8.28. The van der Waals surface area contributed by atoms with Crippen molar-refractivity contribution in [3.05, 3.63) is 16.1 Å². The minimum absolute atomic E-state index is 0.149. The van der Waals surface area contributed by atoms with E-state index in [1.165, 1.54) is 5.01 Å². The molecule has 2 saturated heterocycles. The largest absolute Gasteiger partial charge is 0.378 e. The number of carbonyl (C=O) groups excluding carboxylic acids is 1. The summed E-state index contributed by atoms with van der Waals surface area (Å²) in [5.74, 6) is 0.469. The van der Waals surface area contributed by atoms with Crippen LogP contribution in [-0.4, -0.2) is 60.1 Å². The minimum Gasteiger partial charge on any atom is -0.378 e. The molecular formula is C16H25N3O2S. The lowest BCUT2D eigenvalue weighted by molar-refractivity contribution is -0.141. The van der Waals surface area contributed by atoms with Crippen LogP contribution in [0.3, 0.4) is 0 Å². The molecule has 0 aromatic carbocycles. The van der Waals surface area contributed by atoms with E-state index in [4.69, 9.17) is 4.74 Å². The van der Waals surface area contributed by atoms with Gasteiger partial charge in [-0.3, -0.25) is 9.69 Å². The number of carbonyl (C=O) groups is 1. The summed E-state index contributed by atoms with van der Waals surface area (Å²) in [7, 11) is 0. The molecule has 2 fully saturated rings. The average molecular weight is 323 g/mol. The average Bonchev–Trinajstić information content (AvgIpc) is 3.03. The monoisotopic (exact) mass is 323 g/mol. The smallest absolute Gasteiger partial charge is 0.227 e. The molecule has 2 aliphatic rings. The van der Waals surface area contributed by atoms with E-state index in [0.717, 1.165) is 57.7 Å². The second-order valence-electron chi connectivity index (χ2n) is 6.10. The third-order valence-electron chi connectivity index (χ3n) is 4.46. The van der Waals surface area contributed by atoms with E-state index in [-0.39, 0.29) is 5.92 Å². The number of morpholine rings is 1. The van der Waals surface area contributed by atoms with E-state index in [1.807, 2.05) is 4.90 Å². The highest BCUT2D eigenvalue weighted by molar-refractivity contribution is 7.09. The molecule has 0 N–H and O–H groups in total. The van der Waals surface area contributed by atoms with Crippen LogP contribution >= 0.6 is 11.3 Å². The molecule has 1 aromatic heterocycles. The van der Waals surface area contributed by atoms with Crippen LogP contribution in [0.5, 0.6) is 0 Å². The van der Waals surface area contributed by atoms with Crippen LogP contribution in [0.15, 0.2) is 5.38 Å². The number of nitrogens with zero attached hydrogens (tertiary/aromatic N) is 3. The highest BCUT2D eigenvalue weighted by atomic mass is 32.1. The maximum Gasteiger partial charge on any atom is 0.227 e. The molecule has 0 spiro atoms. The van der Waals surface area contributed by atoms with Gasteiger partial charge in [0.15, 0.2) is 0 Å². The lowest BCUT2D eigenvalue weighted by atomic mass is 9.96. The van der Waals surface area contributed by atoms with Crippen molar-refractivity contribution in [1.82, 2.24) is 14.8 Å². The standard InChI is InChI=1S/C16H25N3O2S/c1-2-15-17-14(12-22-15)11-18-5-3-4-13(10-18)16(20)19-6-8-21-9-7-19/h12-13H,2-11H2,1H3. The van der Waals surface area contributed by atoms with Crippen molar-refractivity contribution in [2.75, 3.05) is 39.4 Å². The van der Waals surface area contributed by atoms with Crippen LogP contribution in [0.4, 0.5) is 0 Å². The van der Waals surface area contributed by atoms with Crippen LogP contribution in [0.2, 0.25) is 0 Å². The van der Waals surface area contributed by atoms with Gasteiger partial charge in [0.25, 0.3) is 0 Å². The molecule has 1 unspecified atom stereocenters. The Hall–Kier alpha value is -0.980. The molecule has 5 nitrogen and oxygen atoms in total. The number of likely N-dealkylation sites (tertiary alicyclic amines) is 1. The van der Waals surface area contributed by atoms with Gasteiger partial charge in [0.05, 0.1) is 29.8 Å². The molecule has 3 heterocycles. The highest BCUT2D eigenvalue weighted by Gasteiger charge is 2.30. The molecule has 22 heavy (non-hydrogen) atoms. The Morgan fingerprint density at radius 2 is 2.23 bits per heavy atom. The van der Waals surface area contributed by atoms with Gasteiger partial charge in [-0.2, -0.15) is 0 Å². The fraction of sp³-hybridized carbons (Fsp3) is 0.750. The second-order valence-corrected chi connectivity index (χ2v) is 7.04.